The van der Waals surface area contributed by atoms with Gasteiger partial charge in [-0.05, 0) is 6.42 Å². The van der Waals surface area contributed by atoms with E-state index in [0.29, 0.717) is 12.8 Å². The fraction of sp³-hybridized carbons (Fsp3) is 0.875. The highest BCUT2D eigenvalue weighted by Gasteiger charge is 2.32. The first-order chi connectivity index (χ1) is 5.63. The van der Waals surface area contributed by atoms with E-state index >= 15 is 0 Å². The standard InChI is InChI=1S/C8H15NO3/c1-2-5(10)3-7-6(9)4-8(11)12-7/h5-7,10H,2-4,9H2,1H3. The number of cyclic esters (lactones) is 1. The van der Waals surface area contributed by atoms with E-state index in [1.165, 1.54) is 0 Å². The van der Waals surface area contributed by atoms with Crippen LogP contribution in [0.1, 0.15) is 26.2 Å². The summed E-state index contributed by atoms with van der Waals surface area (Å²) in [5.41, 5.74) is 5.62. The summed E-state index contributed by atoms with van der Waals surface area (Å²) < 4.78 is 4.92. The molecule has 70 valence electrons. The number of ether oxygens (including phenoxy) is 1. The maximum absolute atomic E-state index is 10.7. The molecule has 3 N–H and O–H groups in total. The summed E-state index contributed by atoms with van der Waals surface area (Å²) in [5, 5.41) is 9.28. The molecule has 1 aliphatic rings. The molecule has 0 radical (unpaired) electrons. The molecule has 0 spiro atoms. The Kier molecular flexibility index (Phi) is 3.05. The number of aliphatic hydroxyl groups is 1. The molecule has 0 aliphatic carbocycles. The van der Waals surface area contributed by atoms with Gasteiger partial charge in [0.15, 0.2) is 0 Å². The topological polar surface area (TPSA) is 72.5 Å². The first kappa shape index (κ1) is 9.48. The largest absolute Gasteiger partial charge is 0.461 e. The molecule has 0 aromatic rings. The van der Waals surface area contributed by atoms with E-state index in [1.54, 1.807) is 0 Å². The van der Waals surface area contributed by atoms with Gasteiger partial charge in [-0.15, -0.1) is 0 Å². The zero-order chi connectivity index (χ0) is 9.14. The highest BCUT2D eigenvalue weighted by Crippen LogP contribution is 2.18. The fourth-order valence-corrected chi connectivity index (χ4v) is 1.29. The number of aliphatic hydroxyl groups excluding tert-OH is 1. The van der Waals surface area contributed by atoms with Crippen LogP contribution in [-0.4, -0.2) is 29.3 Å². The number of carbonyl (C=O) groups is 1. The van der Waals surface area contributed by atoms with Crippen LogP contribution in [0, 0.1) is 0 Å². The molecule has 12 heavy (non-hydrogen) atoms. The predicted molar refractivity (Wildman–Crippen MR) is 43.4 cm³/mol. The van der Waals surface area contributed by atoms with Gasteiger partial charge in [0.25, 0.3) is 0 Å². The Morgan fingerprint density at radius 1 is 1.83 bits per heavy atom. The van der Waals surface area contributed by atoms with Gasteiger partial charge in [-0.2, -0.15) is 0 Å². The lowest BCUT2D eigenvalue weighted by Gasteiger charge is -2.16. The summed E-state index contributed by atoms with van der Waals surface area (Å²) in [4.78, 5) is 10.7. The number of carbonyl (C=O) groups excluding carboxylic acids is 1. The maximum Gasteiger partial charge on any atom is 0.307 e. The molecule has 3 atom stereocenters. The van der Waals surface area contributed by atoms with Crippen molar-refractivity contribution in [1.29, 1.82) is 0 Å². The molecule has 0 aromatic heterocycles. The van der Waals surface area contributed by atoms with E-state index in [-0.39, 0.29) is 24.5 Å². The third-order valence-corrected chi connectivity index (χ3v) is 2.14. The van der Waals surface area contributed by atoms with Crippen molar-refractivity contribution >= 4 is 5.97 Å². The van der Waals surface area contributed by atoms with Crippen LogP contribution in [0.3, 0.4) is 0 Å². The quantitative estimate of drug-likeness (QED) is 0.579. The summed E-state index contributed by atoms with van der Waals surface area (Å²) in [7, 11) is 0. The lowest BCUT2D eigenvalue weighted by Crippen LogP contribution is -2.32. The van der Waals surface area contributed by atoms with Crippen molar-refractivity contribution < 1.29 is 14.6 Å². The van der Waals surface area contributed by atoms with Crippen LogP contribution in [0.15, 0.2) is 0 Å². The van der Waals surface area contributed by atoms with Crippen molar-refractivity contribution in [3.8, 4) is 0 Å². The third kappa shape index (κ3) is 2.19. The summed E-state index contributed by atoms with van der Waals surface area (Å²) in [6, 6.07) is -0.237. The smallest absolute Gasteiger partial charge is 0.307 e. The number of nitrogens with two attached hydrogens (primary N) is 1. The third-order valence-electron chi connectivity index (χ3n) is 2.14. The average Bonchev–Trinajstić information content (AvgIpc) is 2.30. The molecule has 1 heterocycles. The monoisotopic (exact) mass is 173 g/mol. The molecule has 0 aromatic carbocycles. The predicted octanol–water partition coefficient (Wildman–Crippen LogP) is -0.210. The average molecular weight is 173 g/mol. The highest BCUT2D eigenvalue weighted by atomic mass is 16.6. The molecule has 1 fully saturated rings. The van der Waals surface area contributed by atoms with E-state index in [2.05, 4.69) is 0 Å². The Bertz CT molecular complexity index is 172. The number of rotatable bonds is 3. The Balaban J connectivity index is 2.37. The summed E-state index contributed by atoms with van der Waals surface area (Å²) in [6.07, 6.45) is 0.713. The van der Waals surface area contributed by atoms with Crippen molar-refractivity contribution in [1.82, 2.24) is 0 Å². The molecule has 1 aliphatic heterocycles. The Morgan fingerprint density at radius 2 is 2.50 bits per heavy atom. The Labute approximate surface area is 71.7 Å². The van der Waals surface area contributed by atoms with Crippen molar-refractivity contribution in [3.63, 3.8) is 0 Å². The Hall–Kier alpha value is -0.610. The van der Waals surface area contributed by atoms with Gasteiger partial charge in [-0.25, -0.2) is 0 Å². The van der Waals surface area contributed by atoms with E-state index in [4.69, 9.17) is 10.5 Å². The van der Waals surface area contributed by atoms with E-state index in [9.17, 15) is 9.90 Å². The van der Waals surface area contributed by atoms with Crippen LogP contribution in [0.4, 0.5) is 0 Å². The minimum atomic E-state index is -0.410. The van der Waals surface area contributed by atoms with Gasteiger partial charge in [0.2, 0.25) is 0 Å². The van der Waals surface area contributed by atoms with Crippen molar-refractivity contribution in [2.75, 3.05) is 0 Å². The summed E-state index contributed by atoms with van der Waals surface area (Å²) in [5.74, 6) is -0.254. The Morgan fingerprint density at radius 3 is 2.92 bits per heavy atom. The first-order valence-corrected chi connectivity index (χ1v) is 4.26. The van der Waals surface area contributed by atoms with Gasteiger partial charge in [0.05, 0.1) is 18.6 Å². The zero-order valence-electron chi connectivity index (χ0n) is 7.19. The van der Waals surface area contributed by atoms with Gasteiger partial charge in [0, 0.05) is 6.42 Å². The van der Waals surface area contributed by atoms with Gasteiger partial charge < -0.3 is 15.6 Å². The first-order valence-electron chi connectivity index (χ1n) is 4.26. The molecule has 1 saturated heterocycles. The normalized spacial score (nSPS) is 31.8. The molecule has 4 heteroatoms. The van der Waals surface area contributed by atoms with Crippen molar-refractivity contribution in [2.45, 2.75) is 44.4 Å². The minimum Gasteiger partial charge on any atom is -0.461 e. The van der Waals surface area contributed by atoms with Crippen LogP contribution in [0.5, 0.6) is 0 Å². The van der Waals surface area contributed by atoms with Gasteiger partial charge in [-0.3, -0.25) is 4.79 Å². The van der Waals surface area contributed by atoms with Crippen molar-refractivity contribution in [3.05, 3.63) is 0 Å². The lowest BCUT2D eigenvalue weighted by molar-refractivity contribution is -0.142. The van der Waals surface area contributed by atoms with E-state index in [0.717, 1.165) is 0 Å². The second-order valence-corrected chi connectivity index (χ2v) is 3.19. The number of hydrogen-bond acceptors (Lipinski definition) is 4. The SMILES string of the molecule is CCC(O)CC1OC(=O)CC1N. The highest BCUT2D eigenvalue weighted by molar-refractivity contribution is 5.72. The van der Waals surface area contributed by atoms with Crippen LogP contribution in [0.2, 0.25) is 0 Å². The molecule has 0 amide bonds. The van der Waals surface area contributed by atoms with Crippen LogP contribution < -0.4 is 5.73 Å². The van der Waals surface area contributed by atoms with Crippen LogP contribution >= 0.6 is 0 Å². The van der Waals surface area contributed by atoms with Gasteiger partial charge in [0.1, 0.15) is 6.10 Å². The molecule has 0 saturated carbocycles. The molecule has 1 rings (SSSR count). The van der Waals surface area contributed by atoms with Crippen LogP contribution in [0.25, 0.3) is 0 Å². The maximum atomic E-state index is 10.7. The molecule has 3 unspecified atom stereocenters. The molecule has 0 bridgehead atoms. The molecular weight excluding hydrogens is 158 g/mol. The van der Waals surface area contributed by atoms with Gasteiger partial charge in [-0.1, -0.05) is 6.92 Å². The van der Waals surface area contributed by atoms with E-state index < -0.39 is 6.10 Å². The van der Waals surface area contributed by atoms with Crippen molar-refractivity contribution in [2.24, 2.45) is 5.73 Å². The second kappa shape index (κ2) is 3.87. The lowest BCUT2D eigenvalue weighted by atomic mass is 10.0. The van der Waals surface area contributed by atoms with E-state index in [1.807, 2.05) is 6.92 Å². The fourth-order valence-electron chi connectivity index (χ4n) is 1.29. The van der Waals surface area contributed by atoms with Crippen LogP contribution in [-0.2, 0) is 9.53 Å². The van der Waals surface area contributed by atoms with Gasteiger partial charge >= 0.3 is 5.97 Å². The molecule has 4 nitrogen and oxygen atoms in total. The summed E-state index contributed by atoms with van der Waals surface area (Å²) in [6.45, 7) is 1.88. The minimum absolute atomic E-state index is 0.237. The second-order valence-electron chi connectivity index (χ2n) is 3.19. The zero-order valence-corrected chi connectivity index (χ0v) is 7.19. The summed E-state index contributed by atoms with van der Waals surface area (Å²) >= 11 is 0. The molecular formula is C8H15NO3. The number of esters is 1. The number of hydrogen-bond donors (Lipinski definition) is 2.